The molecule has 0 N–H and O–H groups in total. The van der Waals surface area contributed by atoms with Crippen molar-refractivity contribution >= 4 is 0 Å². The van der Waals surface area contributed by atoms with E-state index in [4.69, 9.17) is 4.74 Å². The molecule has 0 radical (unpaired) electrons. The van der Waals surface area contributed by atoms with Crippen LogP contribution in [0.15, 0.2) is 36.7 Å². The normalized spacial score (nSPS) is 18.6. The molecule has 1 aromatic carbocycles. The minimum Gasteiger partial charge on any atom is -0.493 e. The monoisotopic (exact) mass is 269 g/mol. The van der Waals surface area contributed by atoms with Crippen LogP contribution in [0.2, 0.25) is 0 Å². The van der Waals surface area contributed by atoms with Gasteiger partial charge >= 0.3 is 0 Å². The molecular weight excluding hydrogens is 250 g/mol. The molecule has 0 atom stereocenters. The predicted octanol–water partition coefficient (Wildman–Crippen LogP) is 1.92. The average molecular weight is 269 g/mol. The summed E-state index contributed by atoms with van der Waals surface area (Å²) in [6.07, 6.45) is 6.10. The molecule has 4 rings (SSSR count). The lowest BCUT2D eigenvalue weighted by Gasteiger charge is -2.39. The zero-order chi connectivity index (χ0) is 13.4. The molecule has 0 amide bonds. The van der Waals surface area contributed by atoms with E-state index in [2.05, 4.69) is 39.1 Å². The summed E-state index contributed by atoms with van der Waals surface area (Å²) in [5.41, 5.74) is 2.80. The van der Waals surface area contributed by atoms with E-state index in [1.54, 1.807) is 0 Å². The fourth-order valence-electron chi connectivity index (χ4n) is 3.07. The van der Waals surface area contributed by atoms with Crippen molar-refractivity contribution in [3.8, 4) is 5.75 Å². The molecule has 1 fully saturated rings. The number of hydrogen-bond donors (Lipinski definition) is 0. The molecule has 0 saturated carbocycles. The molecule has 104 valence electrons. The Bertz CT molecular complexity index is 588. The average Bonchev–Trinajstić information content (AvgIpc) is 3.07. The summed E-state index contributed by atoms with van der Waals surface area (Å²) in [4.78, 5) is 2.50. The number of benzene rings is 1. The summed E-state index contributed by atoms with van der Waals surface area (Å²) >= 11 is 0. The Hall–Kier alpha value is -1.81. The van der Waals surface area contributed by atoms with Gasteiger partial charge in [-0.2, -0.15) is 5.10 Å². The van der Waals surface area contributed by atoms with Gasteiger partial charge in [-0.15, -0.1) is 0 Å². The lowest BCUT2D eigenvalue weighted by molar-refractivity contribution is 0.100. The summed E-state index contributed by atoms with van der Waals surface area (Å²) in [6, 6.07) is 9.20. The van der Waals surface area contributed by atoms with Crippen LogP contribution in [0.5, 0.6) is 5.75 Å². The zero-order valence-electron chi connectivity index (χ0n) is 11.5. The van der Waals surface area contributed by atoms with Gasteiger partial charge in [0, 0.05) is 38.4 Å². The van der Waals surface area contributed by atoms with Gasteiger partial charge in [-0.05, 0) is 29.7 Å². The third-order valence-corrected chi connectivity index (χ3v) is 4.31. The number of hydrogen-bond acceptors (Lipinski definition) is 3. The number of nitrogens with zero attached hydrogens (tertiary/aromatic N) is 3. The van der Waals surface area contributed by atoms with Crippen LogP contribution in [-0.4, -0.2) is 40.9 Å². The SMILES string of the molecule is c1cnn(C2CN(CCc3ccc4c(c3)CCO4)C2)c1. The van der Waals surface area contributed by atoms with Crippen LogP contribution in [0.1, 0.15) is 17.2 Å². The molecule has 1 aromatic heterocycles. The van der Waals surface area contributed by atoms with Crippen molar-refractivity contribution in [2.75, 3.05) is 26.2 Å². The van der Waals surface area contributed by atoms with E-state index in [-0.39, 0.29) is 0 Å². The third-order valence-electron chi connectivity index (χ3n) is 4.31. The van der Waals surface area contributed by atoms with Gasteiger partial charge in [0.25, 0.3) is 0 Å². The standard InChI is InChI=1S/C16H19N3O/c1-6-17-19(7-1)15-11-18(12-15)8-4-13-2-3-16-14(10-13)5-9-20-16/h1-3,6-7,10,15H,4-5,8-9,11-12H2. The Morgan fingerprint density at radius 1 is 1.30 bits per heavy atom. The molecule has 4 nitrogen and oxygen atoms in total. The highest BCUT2D eigenvalue weighted by atomic mass is 16.5. The van der Waals surface area contributed by atoms with E-state index in [1.165, 1.54) is 11.1 Å². The van der Waals surface area contributed by atoms with Crippen LogP contribution in [-0.2, 0) is 12.8 Å². The molecule has 2 aromatic rings. The largest absolute Gasteiger partial charge is 0.493 e. The summed E-state index contributed by atoms with van der Waals surface area (Å²) in [5.74, 6) is 1.08. The van der Waals surface area contributed by atoms with Crippen molar-refractivity contribution in [2.24, 2.45) is 0 Å². The van der Waals surface area contributed by atoms with Gasteiger partial charge in [0.1, 0.15) is 5.75 Å². The molecule has 1 saturated heterocycles. The van der Waals surface area contributed by atoms with E-state index >= 15 is 0 Å². The molecule has 0 aliphatic carbocycles. The molecule has 0 spiro atoms. The Balaban J connectivity index is 1.29. The Labute approximate surface area is 119 Å². The van der Waals surface area contributed by atoms with Crippen molar-refractivity contribution in [1.29, 1.82) is 0 Å². The summed E-state index contributed by atoms with van der Waals surface area (Å²) in [6.45, 7) is 4.22. The fraction of sp³-hybridized carbons (Fsp3) is 0.438. The van der Waals surface area contributed by atoms with Gasteiger partial charge in [-0.25, -0.2) is 0 Å². The van der Waals surface area contributed by atoms with Gasteiger partial charge in [0.05, 0.1) is 12.6 Å². The van der Waals surface area contributed by atoms with Gasteiger partial charge in [-0.1, -0.05) is 12.1 Å². The van der Waals surface area contributed by atoms with Gasteiger partial charge in [0.2, 0.25) is 0 Å². The molecule has 0 unspecified atom stereocenters. The molecule has 2 aliphatic heterocycles. The van der Waals surface area contributed by atoms with Crippen molar-refractivity contribution in [3.05, 3.63) is 47.8 Å². The quantitative estimate of drug-likeness (QED) is 0.849. The predicted molar refractivity (Wildman–Crippen MR) is 77.0 cm³/mol. The highest BCUT2D eigenvalue weighted by Gasteiger charge is 2.27. The van der Waals surface area contributed by atoms with Crippen molar-refractivity contribution in [1.82, 2.24) is 14.7 Å². The van der Waals surface area contributed by atoms with E-state index in [0.29, 0.717) is 6.04 Å². The molecule has 20 heavy (non-hydrogen) atoms. The molecule has 0 bridgehead atoms. The minimum absolute atomic E-state index is 0.568. The third kappa shape index (κ3) is 2.20. The van der Waals surface area contributed by atoms with E-state index < -0.39 is 0 Å². The van der Waals surface area contributed by atoms with E-state index in [9.17, 15) is 0 Å². The van der Waals surface area contributed by atoms with Crippen LogP contribution >= 0.6 is 0 Å². The van der Waals surface area contributed by atoms with Gasteiger partial charge in [0.15, 0.2) is 0 Å². The zero-order valence-corrected chi connectivity index (χ0v) is 11.5. The van der Waals surface area contributed by atoms with Gasteiger partial charge < -0.3 is 4.74 Å². The lowest BCUT2D eigenvalue weighted by Crippen LogP contribution is -2.48. The highest BCUT2D eigenvalue weighted by Crippen LogP contribution is 2.26. The van der Waals surface area contributed by atoms with Crippen LogP contribution in [0, 0.1) is 0 Å². The number of rotatable bonds is 4. The lowest BCUT2D eigenvalue weighted by atomic mass is 10.0. The smallest absolute Gasteiger partial charge is 0.122 e. The molecular formula is C16H19N3O. The van der Waals surface area contributed by atoms with Gasteiger partial charge in [-0.3, -0.25) is 9.58 Å². The first kappa shape index (κ1) is 12.0. The molecule has 4 heteroatoms. The van der Waals surface area contributed by atoms with Crippen molar-refractivity contribution < 1.29 is 4.74 Å². The second-order valence-electron chi connectivity index (χ2n) is 5.69. The molecule has 2 aliphatic rings. The van der Waals surface area contributed by atoms with Crippen LogP contribution in [0.25, 0.3) is 0 Å². The maximum absolute atomic E-state index is 5.55. The summed E-state index contributed by atoms with van der Waals surface area (Å²) < 4.78 is 7.62. The minimum atomic E-state index is 0.568. The Morgan fingerprint density at radius 2 is 2.25 bits per heavy atom. The summed E-state index contributed by atoms with van der Waals surface area (Å²) in [7, 11) is 0. The second kappa shape index (κ2) is 4.94. The first-order chi connectivity index (χ1) is 9.88. The van der Waals surface area contributed by atoms with E-state index in [1.807, 2.05) is 12.3 Å². The topological polar surface area (TPSA) is 30.3 Å². The number of fused-ring (bicyclic) bond motifs is 1. The Morgan fingerprint density at radius 3 is 3.10 bits per heavy atom. The maximum Gasteiger partial charge on any atom is 0.122 e. The highest BCUT2D eigenvalue weighted by molar-refractivity contribution is 5.39. The first-order valence-corrected chi connectivity index (χ1v) is 7.34. The van der Waals surface area contributed by atoms with Crippen LogP contribution in [0.3, 0.4) is 0 Å². The fourth-order valence-corrected chi connectivity index (χ4v) is 3.07. The van der Waals surface area contributed by atoms with E-state index in [0.717, 1.165) is 44.8 Å². The van der Waals surface area contributed by atoms with Crippen LogP contribution < -0.4 is 4.74 Å². The number of likely N-dealkylation sites (tertiary alicyclic amines) is 1. The first-order valence-electron chi connectivity index (χ1n) is 7.34. The second-order valence-corrected chi connectivity index (χ2v) is 5.69. The Kier molecular flexibility index (Phi) is 2.96. The maximum atomic E-state index is 5.55. The van der Waals surface area contributed by atoms with Crippen LogP contribution in [0.4, 0.5) is 0 Å². The van der Waals surface area contributed by atoms with Crippen molar-refractivity contribution in [2.45, 2.75) is 18.9 Å². The number of aromatic nitrogens is 2. The number of ether oxygens (including phenoxy) is 1. The summed E-state index contributed by atoms with van der Waals surface area (Å²) in [5, 5.41) is 4.31. The molecule has 3 heterocycles. The van der Waals surface area contributed by atoms with Crippen molar-refractivity contribution in [3.63, 3.8) is 0 Å².